The summed E-state index contributed by atoms with van der Waals surface area (Å²) in [5.41, 5.74) is 1.94. The molecule has 9 rings (SSSR count). The molecule has 4 N–H and O–H groups in total. The van der Waals surface area contributed by atoms with Gasteiger partial charge in [-0.1, -0.05) is 159 Å². The molecule has 15 nitrogen and oxygen atoms in total. The average molecular weight is 1020 g/mol. The van der Waals surface area contributed by atoms with Crippen LogP contribution in [-0.2, 0) is 40.6 Å². The molecule has 3 heterocycles. The monoisotopic (exact) mass is 1020 g/mol. The first-order valence-corrected chi connectivity index (χ1v) is 25.4. The number of morpholine rings is 1. The predicted octanol–water partition coefficient (Wildman–Crippen LogP) is 6.96. The lowest BCUT2D eigenvalue weighted by molar-refractivity contribution is -0.178. The Morgan fingerprint density at radius 3 is 2.11 bits per heavy atom. The Bertz CT molecular complexity index is 3110. The number of fused-ring (bicyclic) bond motifs is 3. The van der Waals surface area contributed by atoms with E-state index in [0.29, 0.717) is 46.7 Å². The van der Waals surface area contributed by atoms with Crippen molar-refractivity contribution in [3.05, 3.63) is 203 Å². The molecule has 2 fully saturated rings. The molecule has 0 unspecified atom stereocenters. The minimum absolute atomic E-state index is 0.0646. The van der Waals surface area contributed by atoms with Crippen LogP contribution in [0.25, 0.3) is 0 Å². The molecule has 0 aliphatic carbocycles. The van der Waals surface area contributed by atoms with Crippen LogP contribution in [-0.4, -0.2) is 102 Å². The number of esters is 2. The zero-order chi connectivity index (χ0) is 53.5. The summed E-state index contributed by atoms with van der Waals surface area (Å²) in [6, 6.07) is 43.4. The number of aliphatic hydroxyl groups is 2. The van der Waals surface area contributed by atoms with E-state index in [1.807, 2.05) is 103 Å². The fourth-order valence-corrected chi connectivity index (χ4v) is 11.1. The van der Waals surface area contributed by atoms with Crippen molar-refractivity contribution in [1.82, 2.24) is 20.4 Å². The molecular weight excluding hydrogens is 963 g/mol. The van der Waals surface area contributed by atoms with Crippen molar-refractivity contribution in [1.29, 1.82) is 0 Å². The van der Waals surface area contributed by atoms with Crippen molar-refractivity contribution >= 4 is 35.5 Å². The number of carbonyl (C=O) groups is 5. The van der Waals surface area contributed by atoms with Gasteiger partial charge in [0.1, 0.15) is 36.0 Å². The Balaban J connectivity index is 1.31. The highest BCUT2D eigenvalue weighted by Crippen LogP contribution is 2.66. The number of benzene rings is 6. The molecule has 6 aromatic carbocycles. The Morgan fingerprint density at radius 2 is 1.45 bits per heavy atom. The number of anilines is 1. The van der Waals surface area contributed by atoms with Gasteiger partial charge in [0.05, 0.1) is 50.1 Å². The van der Waals surface area contributed by atoms with Gasteiger partial charge in [-0.3, -0.25) is 24.2 Å². The smallest absolute Gasteiger partial charge is 0.329 e. The number of rotatable bonds is 16. The summed E-state index contributed by atoms with van der Waals surface area (Å²) >= 11 is 0. The van der Waals surface area contributed by atoms with E-state index in [2.05, 4.69) is 27.4 Å². The first kappa shape index (κ1) is 52.7. The maximum absolute atomic E-state index is 16.8. The molecule has 1 spiro atoms. The Hall–Kier alpha value is -8.13. The van der Waals surface area contributed by atoms with Gasteiger partial charge in [0.25, 0.3) is 0 Å². The van der Waals surface area contributed by atoms with Crippen LogP contribution in [0.4, 0.5) is 10.5 Å². The van der Waals surface area contributed by atoms with Crippen LogP contribution in [0.2, 0.25) is 0 Å². The lowest BCUT2D eigenvalue weighted by Crippen LogP contribution is -2.58. The zero-order valence-electron chi connectivity index (χ0n) is 42.7. The number of nitrogens with zero attached hydrogens (tertiary/aromatic N) is 3. The van der Waals surface area contributed by atoms with Gasteiger partial charge < -0.3 is 35.1 Å². The topological polar surface area (TPSA) is 187 Å². The quantitative estimate of drug-likeness (QED) is 0.0578. The van der Waals surface area contributed by atoms with Crippen LogP contribution in [0.3, 0.4) is 0 Å². The second-order valence-electron chi connectivity index (χ2n) is 19.6. The minimum atomic E-state index is -2.19. The van der Waals surface area contributed by atoms with E-state index in [9.17, 15) is 15.0 Å². The number of ether oxygens (including phenoxy) is 3. The molecule has 3 aliphatic rings. The van der Waals surface area contributed by atoms with E-state index >= 15 is 19.2 Å². The molecule has 0 bridgehead atoms. The number of aliphatic hydroxyl groups excluding tert-OH is 2. The number of imide groups is 1. The second-order valence-corrected chi connectivity index (χ2v) is 19.6. The van der Waals surface area contributed by atoms with Crippen molar-refractivity contribution in [2.45, 2.75) is 62.2 Å². The van der Waals surface area contributed by atoms with Crippen molar-refractivity contribution < 1.29 is 48.4 Å². The molecule has 4 amide bonds. The fraction of sp³-hybridized carbons (Fsp3) is 0.295. The highest BCUT2D eigenvalue weighted by molar-refractivity contribution is 6.25. The number of amides is 4. The normalized spacial score (nSPS) is 21.5. The number of nitrogens with one attached hydrogen (secondary N) is 2. The van der Waals surface area contributed by atoms with E-state index in [1.165, 1.54) is 7.11 Å². The number of urea groups is 1. The lowest BCUT2D eigenvalue weighted by atomic mass is 9.65. The second kappa shape index (κ2) is 23.2. The van der Waals surface area contributed by atoms with Gasteiger partial charge in [0, 0.05) is 18.7 Å². The summed E-state index contributed by atoms with van der Waals surface area (Å²) in [5, 5.41) is 27.2. The van der Waals surface area contributed by atoms with Crippen LogP contribution >= 0.6 is 0 Å². The minimum Gasteiger partial charge on any atom is -0.491 e. The molecule has 15 heteroatoms. The largest absolute Gasteiger partial charge is 0.491 e. The molecule has 0 aromatic heterocycles. The maximum Gasteiger partial charge on any atom is 0.329 e. The summed E-state index contributed by atoms with van der Waals surface area (Å²) in [7, 11) is 3.16. The third kappa shape index (κ3) is 10.3. The number of methoxy groups -OCH3 is 1. The van der Waals surface area contributed by atoms with E-state index in [1.54, 1.807) is 86.6 Å². The number of hydrogen-bond donors (Lipinski definition) is 4. The van der Waals surface area contributed by atoms with Crippen LogP contribution < -0.4 is 20.3 Å². The molecular formula is C61H61N5O10. The lowest BCUT2D eigenvalue weighted by Gasteiger charge is -2.46. The zero-order valence-corrected chi connectivity index (χ0v) is 42.7. The summed E-state index contributed by atoms with van der Waals surface area (Å²) in [5.74, 6) is 1.52. The third-order valence-electron chi connectivity index (χ3n) is 14.4. The van der Waals surface area contributed by atoms with Gasteiger partial charge >= 0.3 is 18.0 Å². The maximum atomic E-state index is 16.8. The number of carbonyl (C=O) groups excluding carboxylic acids is 5. The predicted molar refractivity (Wildman–Crippen MR) is 284 cm³/mol. The molecule has 3 aliphatic heterocycles. The van der Waals surface area contributed by atoms with E-state index < -0.39 is 83.4 Å². The van der Waals surface area contributed by atoms with Crippen LogP contribution in [0.15, 0.2) is 164 Å². The van der Waals surface area contributed by atoms with Gasteiger partial charge in [-0.2, -0.15) is 0 Å². The Kier molecular flexibility index (Phi) is 16.1. The summed E-state index contributed by atoms with van der Waals surface area (Å²) in [6.45, 7) is 3.76. The average Bonchev–Trinajstić information content (AvgIpc) is 4.06. The molecule has 0 saturated carbocycles. The van der Waals surface area contributed by atoms with E-state index in [-0.39, 0.29) is 31.0 Å². The number of hydrogen-bond acceptors (Lipinski definition) is 12. The Morgan fingerprint density at radius 1 is 0.803 bits per heavy atom. The molecule has 76 heavy (non-hydrogen) atoms. The molecule has 2 saturated heterocycles. The van der Waals surface area contributed by atoms with Crippen LogP contribution in [0, 0.1) is 23.7 Å². The molecule has 6 aromatic rings. The van der Waals surface area contributed by atoms with Crippen molar-refractivity contribution in [2.24, 2.45) is 11.8 Å². The van der Waals surface area contributed by atoms with Crippen molar-refractivity contribution in [3.8, 4) is 17.6 Å². The van der Waals surface area contributed by atoms with Crippen molar-refractivity contribution in [2.75, 3.05) is 45.4 Å². The fourth-order valence-electron chi connectivity index (χ4n) is 11.1. The highest BCUT2D eigenvalue weighted by Gasteiger charge is 2.75. The first-order valence-electron chi connectivity index (χ1n) is 25.4. The highest BCUT2D eigenvalue weighted by atomic mass is 16.6. The molecule has 8 atom stereocenters. The van der Waals surface area contributed by atoms with Crippen LogP contribution in [0.1, 0.15) is 77.1 Å². The van der Waals surface area contributed by atoms with Gasteiger partial charge in [-0.25, -0.2) is 14.5 Å². The standard InChI is InChI=1S/C61H61N5O10/c1-39(2)51(57(70)74-4)63-60(73)65-48-31-30-40(21-18-32-64(3)38-41-19-9-5-10-20-41)35-47(48)61(59(65)72)50(56(69)62-37-49(68)42-22-11-6-12-23-42)53-58(71)76-54(44-26-15-8-16-27-44)52(43-24-13-7-14-25-43)66(53)55(61)45-28-17-29-46(36-45)75-34-33-67/h5-17,19-20,22-31,35-36,39,49-55,67-68H,32-34,37-38H2,1-4H3,(H,62,69)(H,63,73)/t49-,50-,51-,52-,53-,54+,55+,61-/m0/s1. The van der Waals surface area contributed by atoms with Gasteiger partial charge in [-0.05, 0) is 76.7 Å². The SMILES string of the molecule is COC(=O)[C@@H](NC(=O)N1C(=O)[C@@]2(c3cc(C#CCN(C)Cc4ccccc4)ccc31)[C@H](C(=O)NC[C@H](O)c1ccccc1)[C@H]1C(=O)O[C@H](c3ccccc3)[C@H](c3ccccc3)N1[C@@H]2c1cccc(OCCO)c1)C(C)C. The van der Waals surface area contributed by atoms with E-state index in [0.717, 1.165) is 10.5 Å². The summed E-state index contributed by atoms with van der Waals surface area (Å²) < 4.78 is 17.7. The molecule has 390 valence electrons. The van der Waals surface area contributed by atoms with Crippen molar-refractivity contribution in [3.63, 3.8) is 0 Å². The first-order chi connectivity index (χ1) is 36.9. The summed E-state index contributed by atoms with van der Waals surface area (Å²) in [6.07, 6.45) is -2.19. The van der Waals surface area contributed by atoms with Gasteiger partial charge in [0.2, 0.25) is 11.8 Å². The molecule has 0 radical (unpaired) electrons. The van der Waals surface area contributed by atoms with Gasteiger partial charge in [-0.15, -0.1) is 0 Å². The third-order valence-corrected chi connectivity index (χ3v) is 14.4. The Labute approximate surface area is 442 Å². The number of cyclic esters (lactones) is 1. The van der Waals surface area contributed by atoms with Gasteiger partial charge in [0.15, 0.2) is 0 Å². The summed E-state index contributed by atoms with van der Waals surface area (Å²) in [4.78, 5) is 81.7. The van der Waals surface area contributed by atoms with Crippen LogP contribution in [0.5, 0.6) is 5.75 Å². The van der Waals surface area contributed by atoms with E-state index in [4.69, 9.17) is 14.2 Å².